The molecule has 0 unspecified atom stereocenters. The van der Waals surface area contributed by atoms with Crippen LogP contribution in [-0.4, -0.2) is 103 Å². The maximum atomic E-state index is 13.2. The molecule has 2 heterocycles. The van der Waals surface area contributed by atoms with Gasteiger partial charge in [0.25, 0.3) is 5.91 Å². The molecule has 2 fully saturated rings. The Hall–Kier alpha value is -2.32. The number of carbonyl (C=O) groups is 3. The Kier molecular flexibility index (Phi) is 9.59. The quantitative estimate of drug-likeness (QED) is 0.585. The Morgan fingerprint density at radius 1 is 1.00 bits per heavy atom. The second-order valence-corrected chi connectivity index (χ2v) is 9.37. The van der Waals surface area contributed by atoms with Gasteiger partial charge >= 0.3 is 0 Å². The van der Waals surface area contributed by atoms with E-state index < -0.39 is 0 Å². The fraction of sp³-hybridized carbons (Fsp3) is 0.640. The fourth-order valence-electron chi connectivity index (χ4n) is 4.82. The Labute approximate surface area is 207 Å². The van der Waals surface area contributed by atoms with Crippen LogP contribution >= 0.6 is 11.6 Å². The lowest BCUT2D eigenvalue weighted by Crippen LogP contribution is -2.45. The number of piperidine rings is 1. The average Bonchev–Trinajstić information content (AvgIpc) is 3.09. The Bertz CT molecular complexity index is 868. The Morgan fingerprint density at radius 2 is 1.71 bits per heavy atom. The van der Waals surface area contributed by atoms with Crippen LogP contribution in [0.15, 0.2) is 18.2 Å². The SMILES string of the molecule is CCN(CC)C(=O)CN1CCCN(C(=O)C2CCN(C(=O)c3cc(Cl)ccc3OC)CC2)CC1. The average molecular weight is 493 g/mol. The molecule has 2 aliphatic heterocycles. The van der Waals surface area contributed by atoms with E-state index in [0.717, 1.165) is 26.1 Å². The van der Waals surface area contributed by atoms with E-state index in [9.17, 15) is 14.4 Å². The predicted octanol–water partition coefficient (Wildman–Crippen LogP) is 2.60. The van der Waals surface area contributed by atoms with Crippen LogP contribution in [0.25, 0.3) is 0 Å². The summed E-state index contributed by atoms with van der Waals surface area (Å²) in [6.07, 6.45) is 2.16. The van der Waals surface area contributed by atoms with Crippen molar-refractivity contribution in [1.82, 2.24) is 19.6 Å². The molecule has 2 aliphatic rings. The normalized spacial score (nSPS) is 17.9. The summed E-state index contributed by atoms with van der Waals surface area (Å²) in [6.45, 7) is 9.80. The molecule has 0 aliphatic carbocycles. The zero-order valence-electron chi connectivity index (χ0n) is 20.6. The van der Waals surface area contributed by atoms with Gasteiger partial charge in [0.2, 0.25) is 11.8 Å². The molecule has 0 N–H and O–H groups in total. The van der Waals surface area contributed by atoms with Crippen LogP contribution in [0.4, 0.5) is 0 Å². The van der Waals surface area contributed by atoms with Crippen LogP contribution in [0.2, 0.25) is 5.02 Å². The number of hydrogen-bond donors (Lipinski definition) is 0. The predicted molar refractivity (Wildman–Crippen MR) is 132 cm³/mol. The molecule has 188 valence electrons. The second-order valence-electron chi connectivity index (χ2n) is 8.93. The van der Waals surface area contributed by atoms with Crippen molar-refractivity contribution in [2.75, 3.05) is 66.0 Å². The van der Waals surface area contributed by atoms with Gasteiger partial charge in [-0.2, -0.15) is 0 Å². The highest BCUT2D eigenvalue weighted by Gasteiger charge is 2.32. The number of halogens is 1. The van der Waals surface area contributed by atoms with Crippen molar-refractivity contribution in [1.29, 1.82) is 0 Å². The van der Waals surface area contributed by atoms with Crippen molar-refractivity contribution >= 4 is 29.3 Å². The van der Waals surface area contributed by atoms with Crippen LogP contribution in [-0.2, 0) is 9.59 Å². The van der Waals surface area contributed by atoms with Crippen molar-refractivity contribution in [2.45, 2.75) is 33.1 Å². The van der Waals surface area contributed by atoms with Gasteiger partial charge in [-0.15, -0.1) is 0 Å². The molecule has 9 heteroatoms. The molecular formula is C25H37ClN4O4. The van der Waals surface area contributed by atoms with E-state index in [-0.39, 0.29) is 23.6 Å². The summed E-state index contributed by atoms with van der Waals surface area (Å²) in [5.41, 5.74) is 0.451. The first kappa shape index (κ1) is 26.3. The molecule has 34 heavy (non-hydrogen) atoms. The summed E-state index contributed by atoms with van der Waals surface area (Å²) in [6, 6.07) is 5.03. The van der Waals surface area contributed by atoms with Gasteiger partial charge in [0.1, 0.15) is 5.75 Å². The number of nitrogens with zero attached hydrogens (tertiary/aromatic N) is 4. The van der Waals surface area contributed by atoms with Gasteiger partial charge in [-0.3, -0.25) is 19.3 Å². The van der Waals surface area contributed by atoms with Crippen molar-refractivity contribution in [2.24, 2.45) is 5.92 Å². The zero-order valence-corrected chi connectivity index (χ0v) is 21.4. The summed E-state index contributed by atoms with van der Waals surface area (Å²) < 4.78 is 5.33. The van der Waals surface area contributed by atoms with Crippen LogP contribution in [0.1, 0.15) is 43.5 Å². The van der Waals surface area contributed by atoms with E-state index >= 15 is 0 Å². The first-order valence-corrected chi connectivity index (χ1v) is 12.7. The van der Waals surface area contributed by atoms with Gasteiger partial charge < -0.3 is 19.4 Å². The lowest BCUT2D eigenvalue weighted by atomic mass is 9.94. The van der Waals surface area contributed by atoms with Gasteiger partial charge in [-0.25, -0.2) is 0 Å². The van der Waals surface area contributed by atoms with E-state index in [1.807, 2.05) is 23.6 Å². The molecule has 0 aromatic heterocycles. The smallest absolute Gasteiger partial charge is 0.257 e. The fourth-order valence-corrected chi connectivity index (χ4v) is 4.99. The Balaban J connectivity index is 1.51. The highest BCUT2D eigenvalue weighted by atomic mass is 35.5. The highest BCUT2D eigenvalue weighted by Crippen LogP contribution is 2.27. The molecule has 1 aromatic rings. The van der Waals surface area contributed by atoms with E-state index in [0.29, 0.717) is 68.4 Å². The van der Waals surface area contributed by atoms with Crippen molar-refractivity contribution in [3.8, 4) is 5.75 Å². The number of rotatable bonds is 7. The molecular weight excluding hydrogens is 456 g/mol. The van der Waals surface area contributed by atoms with E-state index in [1.165, 1.54) is 7.11 Å². The molecule has 2 saturated heterocycles. The highest BCUT2D eigenvalue weighted by molar-refractivity contribution is 6.31. The van der Waals surface area contributed by atoms with E-state index in [2.05, 4.69) is 4.90 Å². The third-order valence-electron chi connectivity index (χ3n) is 6.90. The van der Waals surface area contributed by atoms with Crippen molar-refractivity contribution in [3.63, 3.8) is 0 Å². The minimum absolute atomic E-state index is 0.0748. The molecule has 8 nitrogen and oxygen atoms in total. The van der Waals surface area contributed by atoms with Gasteiger partial charge in [-0.1, -0.05) is 11.6 Å². The number of hydrogen-bond acceptors (Lipinski definition) is 5. The molecule has 0 radical (unpaired) electrons. The van der Waals surface area contributed by atoms with Crippen molar-refractivity contribution < 1.29 is 19.1 Å². The zero-order chi connectivity index (χ0) is 24.7. The van der Waals surface area contributed by atoms with Gasteiger partial charge in [0.15, 0.2) is 0 Å². The topological polar surface area (TPSA) is 73.4 Å². The number of benzene rings is 1. The molecule has 1 aromatic carbocycles. The van der Waals surface area contributed by atoms with Gasteiger partial charge in [-0.05, 0) is 51.3 Å². The molecule has 3 amide bonds. The molecule has 0 atom stereocenters. The second kappa shape index (κ2) is 12.4. The van der Waals surface area contributed by atoms with E-state index in [1.54, 1.807) is 23.1 Å². The molecule has 0 saturated carbocycles. The minimum atomic E-state index is -0.117. The number of methoxy groups -OCH3 is 1. The van der Waals surface area contributed by atoms with Crippen LogP contribution < -0.4 is 4.74 Å². The Morgan fingerprint density at radius 3 is 2.35 bits per heavy atom. The summed E-state index contributed by atoms with van der Waals surface area (Å²) in [5, 5.41) is 0.489. The van der Waals surface area contributed by atoms with Crippen molar-refractivity contribution in [3.05, 3.63) is 28.8 Å². The standard InChI is InChI=1S/C25H37ClN4O4/c1-4-28(5-2)23(31)18-27-11-6-12-29(16-15-27)24(32)19-9-13-30(14-10-19)25(33)21-17-20(26)7-8-22(21)34-3/h7-8,17,19H,4-6,9-16,18H2,1-3H3. The summed E-state index contributed by atoms with van der Waals surface area (Å²) in [5.74, 6) is 0.631. The van der Waals surface area contributed by atoms with Gasteiger partial charge in [0.05, 0.1) is 19.2 Å². The maximum absolute atomic E-state index is 13.2. The third kappa shape index (κ3) is 6.42. The lowest BCUT2D eigenvalue weighted by molar-refractivity contribution is -0.136. The van der Waals surface area contributed by atoms with Crippen LogP contribution in [0, 0.1) is 5.92 Å². The number of likely N-dealkylation sites (tertiary alicyclic amines) is 1. The maximum Gasteiger partial charge on any atom is 0.257 e. The monoisotopic (exact) mass is 492 g/mol. The van der Waals surface area contributed by atoms with E-state index in [4.69, 9.17) is 16.3 Å². The minimum Gasteiger partial charge on any atom is -0.496 e. The van der Waals surface area contributed by atoms with Crippen LogP contribution in [0.5, 0.6) is 5.75 Å². The number of ether oxygens (including phenoxy) is 1. The molecule has 0 bridgehead atoms. The molecule has 0 spiro atoms. The summed E-state index contributed by atoms with van der Waals surface area (Å²) in [7, 11) is 1.53. The summed E-state index contributed by atoms with van der Waals surface area (Å²) in [4.78, 5) is 46.4. The third-order valence-corrected chi connectivity index (χ3v) is 7.13. The first-order chi connectivity index (χ1) is 16.4. The van der Waals surface area contributed by atoms with Gasteiger partial charge in [0, 0.05) is 63.3 Å². The number of likely N-dealkylation sites (N-methyl/N-ethyl adjacent to an activating group) is 1. The number of amides is 3. The lowest BCUT2D eigenvalue weighted by Gasteiger charge is -2.34. The molecule has 3 rings (SSSR count). The first-order valence-electron chi connectivity index (χ1n) is 12.3. The van der Waals surface area contributed by atoms with Crippen LogP contribution in [0.3, 0.4) is 0 Å². The number of carbonyl (C=O) groups excluding carboxylic acids is 3. The summed E-state index contributed by atoms with van der Waals surface area (Å²) >= 11 is 6.09. The largest absolute Gasteiger partial charge is 0.496 e.